The summed E-state index contributed by atoms with van der Waals surface area (Å²) in [4.78, 5) is 0. The van der Waals surface area contributed by atoms with E-state index in [1.54, 1.807) is 0 Å². The average molecular weight is 271 g/mol. The Balaban J connectivity index is 1.75. The van der Waals surface area contributed by atoms with Crippen LogP contribution in [0, 0.1) is 0 Å². The summed E-state index contributed by atoms with van der Waals surface area (Å²) in [7, 11) is 0. The van der Waals surface area contributed by atoms with Crippen molar-refractivity contribution >= 4 is 5.69 Å². The molecule has 0 radical (unpaired) electrons. The lowest BCUT2D eigenvalue weighted by atomic mass is 10.1. The maximum Gasteiger partial charge on any atom is 0.0660 e. The van der Waals surface area contributed by atoms with Crippen molar-refractivity contribution in [2.45, 2.75) is 45.6 Å². The molecule has 1 heterocycles. The quantitative estimate of drug-likeness (QED) is 0.689. The minimum absolute atomic E-state index is 0.832. The topological polar surface area (TPSA) is 29.9 Å². The highest BCUT2D eigenvalue weighted by molar-refractivity contribution is 5.45. The van der Waals surface area contributed by atoms with Crippen LogP contribution in [0.2, 0.25) is 0 Å². The Kier molecular flexibility index (Phi) is 6.15. The van der Waals surface area contributed by atoms with Crippen molar-refractivity contribution in [3.05, 3.63) is 48.3 Å². The lowest BCUT2D eigenvalue weighted by Gasteiger charge is -2.08. The molecule has 0 aliphatic carbocycles. The first-order chi connectivity index (χ1) is 9.88. The standard InChI is InChI=1S/C17H25N3/c1-2-3-4-5-6-11-18-17-10-7-9-16(14-17)15-20-13-8-12-19-20/h7-10,12-14,18H,2-6,11,15H2,1H3. The molecular formula is C17H25N3. The van der Waals surface area contributed by atoms with Gasteiger partial charge in [-0.05, 0) is 30.2 Å². The van der Waals surface area contributed by atoms with Crippen LogP contribution < -0.4 is 5.32 Å². The second-order valence-corrected chi connectivity index (χ2v) is 5.25. The fraction of sp³-hybridized carbons (Fsp3) is 0.471. The summed E-state index contributed by atoms with van der Waals surface area (Å²) in [6, 6.07) is 10.6. The van der Waals surface area contributed by atoms with E-state index < -0.39 is 0 Å². The van der Waals surface area contributed by atoms with Gasteiger partial charge in [-0.15, -0.1) is 0 Å². The molecule has 108 valence electrons. The minimum atomic E-state index is 0.832. The van der Waals surface area contributed by atoms with Gasteiger partial charge in [-0.1, -0.05) is 44.7 Å². The summed E-state index contributed by atoms with van der Waals surface area (Å²) in [5, 5.41) is 7.75. The molecule has 1 N–H and O–H groups in total. The molecule has 0 bridgehead atoms. The van der Waals surface area contributed by atoms with Gasteiger partial charge < -0.3 is 5.32 Å². The maximum absolute atomic E-state index is 4.24. The van der Waals surface area contributed by atoms with E-state index in [9.17, 15) is 0 Å². The van der Waals surface area contributed by atoms with Crippen LogP contribution in [-0.4, -0.2) is 16.3 Å². The van der Waals surface area contributed by atoms with Crippen molar-refractivity contribution in [1.29, 1.82) is 0 Å². The zero-order chi connectivity index (χ0) is 14.0. The molecule has 0 aliphatic rings. The zero-order valence-corrected chi connectivity index (χ0v) is 12.4. The Morgan fingerprint density at radius 1 is 1.10 bits per heavy atom. The molecular weight excluding hydrogens is 246 g/mol. The van der Waals surface area contributed by atoms with E-state index in [4.69, 9.17) is 0 Å². The zero-order valence-electron chi connectivity index (χ0n) is 12.4. The summed E-state index contributed by atoms with van der Waals surface area (Å²) in [6.07, 6.45) is 10.4. The molecule has 0 atom stereocenters. The molecule has 2 aromatic rings. The lowest BCUT2D eigenvalue weighted by molar-refractivity contribution is 0.645. The lowest BCUT2D eigenvalue weighted by Crippen LogP contribution is -2.03. The van der Waals surface area contributed by atoms with E-state index in [2.05, 4.69) is 41.6 Å². The smallest absolute Gasteiger partial charge is 0.0660 e. The van der Waals surface area contributed by atoms with Crippen LogP contribution in [0.4, 0.5) is 5.69 Å². The number of hydrogen-bond donors (Lipinski definition) is 1. The molecule has 0 fully saturated rings. The van der Waals surface area contributed by atoms with Gasteiger partial charge in [0.15, 0.2) is 0 Å². The van der Waals surface area contributed by atoms with Gasteiger partial charge >= 0.3 is 0 Å². The second kappa shape index (κ2) is 8.41. The highest BCUT2D eigenvalue weighted by Gasteiger charge is 1.97. The molecule has 1 aromatic heterocycles. The third-order valence-corrected chi connectivity index (χ3v) is 3.44. The second-order valence-electron chi connectivity index (χ2n) is 5.25. The molecule has 1 aromatic carbocycles. The number of rotatable bonds is 9. The van der Waals surface area contributed by atoms with Gasteiger partial charge in [-0.3, -0.25) is 4.68 Å². The predicted octanol–water partition coefficient (Wildman–Crippen LogP) is 4.31. The predicted molar refractivity (Wildman–Crippen MR) is 85.0 cm³/mol. The Bertz CT molecular complexity index is 477. The Morgan fingerprint density at radius 3 is 2.80 bits per heavy atom. The Hall–Kier alpha value is -1.77. The average Bonchev–Trinajstić information content (AvgIpc) is 2.96. The largest absolute Gasteiger partial charge is 0.385 e. The maximum atomic E-state index is 4.24. The van der Waals surface area contributed by atoms with Gasteiger partial charge in [0.1, 0.15) is 0 Å². The first-order valence-corrected chi connectivity index (χ1v) is 7.68. The van der Waals surface area contributed by atoms with Gasteiger partial charge in [-0.25, -0.2) is 0 Å². The number of nitrogens with zero attached hydrogens (tertiary/aromatic N) is 2. The number of unbranched alkanes of at least 4 members (excludes halogenated alkanes) is 4. The van der Waals surface area contributed by atoms with Crippen molar-refractivity contribution in [3.63, 3.8) is 0 Å². The Morgan fingerprint density at radius 2 is 2.00 bits per heavy atom. The first kappa shape index (κ1) is 14.6. The Labute approximate surface area is 122 Å². The fourth-order valence-corrected chi connectivity index (χ4v) is 2.32. The van der Waals surface area contributed by atoms with E-state index in [1.807, 2.05) is 23.1 Å². The third kappa shape index (κ3) is 5.08. The number of anilines is 1. The van der Waals surface area contributed by atoms with Crippen LogP contribution >= 0.6 is 0 Å². The molecule has 3 heteroatoms. The molecule has 0 spiro atoms. The van der Waals surface area contributed by atoms with Crippen LogP contribution in [0.25, 0.3) is 0 Å². The molecule has 0 saturated heterocycles. The van der Waals surface area contributed by atoms with Crippen molar-refractivity contribution in [2.24, 2.45) is 0 Å². The number of benzene rings is 1. The summed E-state index contributed by atoms with van der Waals surface area (Å²) >= 11 is 0. The number of aromatic nitrogens is 2. The summed E-state index contributed by atoms with van der Waals surface area (Å²) in [6.45, 7) is 4.15. The molecule has 20 heavy (non-hydrogen) atoms. The van der Waals surface area contributed by atoms with Gasteiger partial charge in [0.05, 0.1) is 6.54 Å². The molecule has 0 aliphatic heterocycles. The van der Waals surface area contributed by atoms with Gasteiger partial charge in [0, 0.05) is 24.6 Å². The van der Waals surface area contributed by atoms with E-state index >= 15 is 0 Å². The van der Waals surface area contributed by atoms with E-state index in [0.29, 0.717) is 0 Å². The molecule has 0 unspecified atom stereocenters. The highest BCUT2D eigenvalue weighted by Crippen LogP contribution is 2.12. The van der Waals surface area contributed by atoms with E-state index in [-0.39, 0.29) is 0 Å². The number of nitrogens with one attached hydrogen (secondary N) is 1. The molecule has 0 saturated carbocycles. The summed E-state index contributed by atoms with van der Waals surface area (Å²) in [5.41, 5.74) is 2.50. The van der Waals surface area contributed by atoms with Crippen molar-refractivity contribution in [2.75, 3.05) is 11.9 Å². The van der Waals surface area contributed by atoms with Crippen LogP contribution in [0.15, 0.2) is 42.7 Å². The summed E-state index contributed by atoms with van der Waals surface area (Å²) < 4.78 is 1.95. The van der Waals surface area contributed by atoms with Crippen molar-refractivity contribution in [3.8, 4) is 0 Å². The van der Waals surface area contributed by atoms with E-state index in [1.165, 1.54) is 43.4 Å². The molecule has 2 rings (SSSR count). The van der Waals surface area contributed by atoms with Crippen molar-refractivity contribution < 1.29 is 0 Å². The monoisotopic (exact) mass is 271 g/mol. The van der Waals surface area contributed by atoms with Gasteiger partial charge in [0.25, 0.3) is 0 Å². The summed E-state index contributed by atoms with van der Waals surface area (Å²) in [5.74, 6) is 0. The third-order valence-electron chi connectivity index (χ3n) is 3.44. The van der Waals surface area contributed by atoms with Crippen LogP contribution in [0.5, 0.6) is 0 Å². The number of hydrogen-bond acceptors (Lipinski definition) is 2. The van der Waals surface area contributed by atoms with Crippen LogP contribution in [-0.2, 0) is 6.54 Å². The SMILES string of the molecule is CCCCCCCNc1cccc(Cn2cccn2)c1. The highest BCUT2D eigenvalue weighted by atomic mass is 15.3. The molecule has 0 amide bonds. The van der Waals surface area contributed by atoms with Crippen molar-refractivity contribution in [1.82, 2.24) is 9.78 Å². The van der Waals surface area contributed by atoms with Crippen LogP contribution in [0.3, 0.4) is 0 Å². The van der Waals surface area contributed by atoms with Gasteiger partial charge in [0.2, 0.25) is 0 Å². The normalized spacial score (nSPS) is 10.7. The minimum Gasteiger partial charge on any atom is -0.385 e. The first-order valence-electron chi connectivity index (χ1n) is 7.68. The van der Waals surface area contributed by atoms with Gasteiger partial charge in [-0.2, -0.15) is 5.10 Å². The fourth-order valence-electron chi connectivity index (χ4n) is 2.32. The molecule has 3 nitrogen and oxygen atoms in total. The van der Waals surface area contributed by atoms with E-state index in [0.717, 1.165) is 13.1 Å². The van der Waals surface area contributed by atoms with Crippen LogP contribution in [0.1, 0.15) is 44.6 Å².